The smallest absolute Gasteiger partial charge is 0.306 e. The van der Waals surface area contributed by atoms with Crippen LogP contribution in [0.3, 0.4) is 0 Å². The third kappa shape index (κ3) is 69.8. The minimum atomic E-state index is -1.62. The lowest BCUT2D eigenvalue weighted by Gasteiger charge is -2.26. The van der Waals surface area contributed by atoms with Gasteiger partial charge in [-0.25, -0.2) is 0 Å². The fourth-order valence-electron chi connectivity index (χ4n) is 12.2. The molecule has 0 aliphatic carbocycles. The third-order valence-corrected chi connectivity index (χ3v) is 18.1. The largest absolute Gasteiger partial charge is 0.545 e. The van der Waals surface area contributed by atoms with Gasteiger partial charge in [-0.3, -0.25) is 9.59 Å². The second kappa shape index (κ2) is 69.2. The van der Waals surface area contributed by atoms with Crippen molar-refractivity contribution in [2.24, 2.45) is 0 Å². The number of nitrogens with zero attached hydrogens (tertiary/aromatic N) is 1. The summed E-state index contributed by atoms with van der Waals surface area (Å²) in [6.45, 7) is 4.85. The summed E-state index contributed by atoms with van der Waals surface area (Å²) in [7, 11) is 5.95. The van der Waals surface area contributed by atoms with Crippen LogP contribution >= 0.6 is 0 Å². The molecule has 9 nitrogen and oxygen atoms in total. The van der Waals surface area contributed by atoms with Crippen LogP contribution in [0.1, 0.15) is 418 Å². The number of unbranched alkanes of at least 4 members (excludes halogenated alkanes) is 59. The lowest BCUT2D eigenvalue weighted by atomic mass is 10.0. The van der Waals surface area contributed by atoms with Crippen LogP contribution in [-0.4, -0.2) is 82.3 Å². The first-order valence-electron chi connectivity index (χ1n) is 38.7. The number of carboxylic acid groups (broad SMARTS) is 1. The Bertz CT molecular complexity index is 1370. The van der Waals surface area contributed by atoms with E-state index in [1.54, 1.807) is 0 Å². The van der Waals surface area contributed by atoms with Gasteiger partial charge in [-0.2, -0.15) is 0 Å². The van der Waals surface area contributed by atoms with Crippen LogP contribution in [-0.2, 0) is 33.3 Å². The zero-order valence-corrected chi connectivity index (χ0v) is 58.7. The van der Waals surface area contributed by atoms with Crippen LogP contribution < -0.4 is 5.11 Å². The average Bonchev–Trinajstić information content (AvgIpc) is 3.60. The van der Waals surface area contributed by atoms with Crippen molar-refractivity contribution in [3.8, 4) is 0 Å². The predicted molar refractivity (Wildman–Crippen MR) is 367 cm³/mol. The van der Waals surface area contributed by atoms with Crippen molar-refractivity contribution in [1.29, 1.82) is 0 Å². The highest BCUT2D eigenvalue weighted by molar-refractivity contribution is 5.70. The number of quaternary nitrogens is 1. The predicted octanol–water partition coefficient (Wildman–Crippen LogP) is 22.9. The SMILES string of the molecule is CCCCCCCCCCCCCCCCCCCCCCCCCCCCCCCCCCCCCCCCCCC(=O)OC(COC(=O)CCCCCCCCCCCCCCCCCCCCCCC)COC(OCC[N+](C)(C)C)C(=O)[O-]. The van der Waals surface area contributed by atoms with Gasteiger partial charge in [-0.15, -0.1) is 0 Å². The normalized spacial score (nSPS) is 12.5. The van der Waals surface area contributed by atoms with E-state index < -0.39 is 24.3 Å². The van der Waals surface area contributed by atoms with Crippen LogP contribution in [0.5, 0.6) is 0 Å². The summed E-state index contributed by atoms with van der Waals surface area (Å²) in [5.74, 6) is -2.24. The highest BCUT2D eigenvalue weighted by Crippen LogP contribution is 2.20. The maximum atomic E-state index is 12.9. The monoisotopic (exact) mass is 1220 g/mol. The van der Waals surface area contributed by atoms with E-state index in [-0.39, 0.29) is 32.2 Å². The Morgan fingerprint density at radius 2 is 0.523 bits per heavy atom. The van der Waals surface area contributed by atoms with Crippen molar-refractivity contribution >= 4 is 17.9 Å². The van der Waals surface area contributed by atoms with Gasteiger partial charge in [0.2, 0.25) is 0 Å². The Balaban J connectivity index is 3.90. The van der Waals surface area contributed by atoms with Crippen LogP contribution in [0.25, 0.3) is 0 Å². The Morgan fingerprint density at radius 3 is 0.744 bits per heavy atom. The zero-order chi connectivity index (χ0) is 62.6. The molecule has 0 aliphatic rings. The second-order valence-electron chi connectivity index (χ2n) is 28.0. The lowest BCUT2D eigenvalue weighted by Crippen LogP contribution is -2.44. The Hall–Kier alpha value is -1.71. The van der Waals surface area contributed by atoms with E-state index >= 15 is 0 Å². The molecular formula is C77H151NO8. The molecule has 0 aromatic heterocycles. The molecule has 0 aromatic rings. The molecule has 9 heteroatoms. The first kappa shape index (κ1) is 84.3. The maximum Gasteiger partial charge on any atom is 0.306 e. The Labute approximate surface area is 536 Å². The second-order valence-corrected chi connectivity index (χ2v) is 28.0. The van der Waals surface area contributed by atoms with Crippen molar-refractivity contribution in [1.82, 2.24) is 0 Å². The number of carboxylic acids is 1. The lowest BCUT2D eigenvalue weighted by molar-refractivity contribution is -0.870. The molecule has 0 radical (unpaired) electrons. The molecule has 0 saturated heterocycles. The van der Waals surface area contributed by atoms with Crippen molar-refractivity contribution in [2.45, 2.75) is 431 Å². The van der Waals surface area contributed by atoms with Crippen LogP contribution in [0, 0.1) is 0 Å². The highest BCUT2D eigenvalue weighted by Gasteiger charge is 2.22. The van der Waals surface area contributed by atoms with Gasteiger partial charge < -0.3 is 33.3 Å². The van der Waals surface area contributed by atoms with Gasteiger partial charge in [-0.05, 0) is 12.8 Å². The van der Waals surface area contributed by atoms with Crippen LogP contribution in [0.4, 0.5) is 0 Å². The molecule has 0 N–H and O–H groups in total. The standard InChI is InChI=1S/C77H151NO8/c1-6-8-10-12-14-16-18-20-22-24-26-28-29-30-31-32-33-34-35-36-37-38-39-40-41-42-43-44-45-46-48-50-52-54-56-58-60-62-64-66-68-75(80)86-73(72-85-77(76(81)82)83-70-69-78(3,4)5)71-84-74(79)67-65-63-61-59-57-55-53-51-49-47-27-25-23-21-19-17-15-13-11-9-7-2/h73,77H,6-72H2,1-5H3. The zero-order valence-electron chi connectivity index (χ0n) is 58.7. The van der Waals surface area contributed by atoms with E-state index in [1.807, 2.05) is 21.1 Å². The minimum absolute atomic E-state index is 0.154. The number of hydrogen-bond acceptors (Lipinski definition) is 8. The first-order chi connectivity index (χ1) is 42.1. The van der Waals surface area contributed by atoms with Gasteiger partial charge in [-0.1, -0.05) is 393 Å². The molecule has 0 rings (SSSR count). The summed E-state index contributed by atoms with van der Waals surface area (Å²) < 4.78 is 22.8. The van der Waals surface area contributed by atoms with E-state index in [0.717, 1.165) is 38.5 Å². The fraction of sp³-hybridized carbons (Fsp3) is 0.961. The Morgan fingerprint density at radius 1 is 0.302 bits per heavy atom. The molecule has 0 bridgehead atoms. The van der Waals surface area contributed by atoms with Crippen molar-refractivity contribution in [3.63, 3.8) is 0 Å². The molecular weight excluding hydrogens is 1070 g/mol. The fourth-order valence-corrected chi connectivity index (χ4v) is 12.2. The van der Waals surface area contributed by atoms with Crippen molar-refractivity contribution in [3.05, 3.63) is 0 Å². The van der Waals surface area contributed by atoms with Crippen LogP contribution in [0.2, 0.25) is 0 Å². The van der Waals surface area contributed by atoms with E-state index in [2.05, 4.69) is 13.8 Å². The Kier molecular flexibility index (Phi) is 67.8. The van der Waals surface area contributed by atoms with Crippen molar-refractivity contribution < 1.29 is 42.9 Å². The first-order valence-corrected chi connectivity index (χ1v) is 38.7. The molecule has 0 aliphatic heterocycles. The molecule has 512 valence electrons. The van der Waals surface area contributed by atoms with Gasteiger partial charge in [0.1, 0.15) is 13.2 Å². The average molecular weight is 1220 g/mol. The van der Waals surface area contributed by atoms with E-state index in [0.29, 0.717) is 17.4 Å². The number of hydrogen-bond donors (Lipinski definition) is 0. The highest BCUT2D eigenvalue weighted by atomic mass is 16.7. The quantitative estimate of drug-likeness (QED) is 0.0256. The van der Waals surface area contributed by atoms with Gasteiger partial charge in [0.15, 0.2) is 12.4 Å². The number of aliphatic carboxylic acids is 1. The topological polar surface area (TPSA) is 111 Å². The van der Waals surface area contributed by atoms with Gasteiger partial charge >= 0.3 is 11.9 Å². The summed E-state index contributed by atoms with van der Waals surface area (Å²) in [6.07, 6.45) is 80.9. The van der Waals surface area contributed by atoms with Gasteiger partial charge in [0.05, 0.1) is 40.3 Å². The molecule has 0 amide bonds. The number of ether oxygens (including phenoxy) is 4. The van der Waals surface area contributed by atoms with E-state index in [1.165, 1.54) is 353 Å². The molecule has 2 atom stereocenters. The molecule has 0 fully saturated rings. The van der Waals surface area contributed by atoms with Crippen LogP contribution in [0.15, 0.2) is 0 Å². The number of esters is 2. The number of rotatable bonds is 74. The minimum Gasteiger partial charge on any atom is -0.545 e. The molecule has 2 unspecified atom stereocenters. The molecule has 0 aromatic carbocycles. The van der Waals surface area contributed by atoms with E-state index in [9.17, 15) is 19.5 Å². The summed E-state index contributed by atoms with van der Waals surface area (Å²) in [5.41, 5.74) is 0. The summed E-state index contributed by atoms with van der Waals surface area (Å²) in [6, 6.07) is 0. The molecule has 0 saturated carbocycles. The molecule has 86 heavy (non-hydrogen) atoms. The number of likely N-dealkylation sites (N-methyl/N-ethyl adjacent to an activating group) is 1. The van der Waals surface area contributed by atoms with Gasteiger partial charge in [0, 0.05) is 12.8 Å². The maximum absolute atomic E-state index is 12.9. The summed E-state index contributed by atoms with van der Waals surface area (Å²) in [4.78, 5) is 37.5. The summed E-state index contributed by atoms with van der Waals surface area (Å²) in [5, 5.41) is 11.8. The molecule has 0 spiro atoms. The van der Waals surface area contributed by atoms with Gasteiger partial charge in [0.25, 0.3) is 0 Å². The van der Waals surface area contributed by atoms with E-state index in [4.69, 9.17) is 18.9 Å². The number of carbonyl (C=O) groups is 3. The third-order valence-electron chi connectivity index (χ3n) is 18.1. The van der Waals surface area contributed by atoms with Crippen molar-refractivity contribution in [2.75, 3.05) is 47.5 Å². The number of carbonyl (C=O) groups excluding carboxylic acids is 3. The molecule has 0 heterocycles. The summed E-state index contributed by atoms with van der Waals surface area (Å²) >= 11 is 0.